The first-order valence-corrected chi connectivity index (χ1v) is 8.96. The van der Waals surface area contributed by atoms with Crippen LogP contribution in [0.1, 0.15) is 48.4 Å². The Bertz CT molecular complexity index is 722. The predicted octanol–water partition coefficient (Wildman–Crippen LogP) is 4.30. The largest absolute Gasteiger partial charge is 0.459 e. The van der Waals surface area contributed by atoms with Crippen LogP contribution in [0.25, 0.3) is 0 Å². The van der Waals surface area contributed by atoms with Gasteiger partial charge in [0, 0.05) is 0 Å². The van der Waals surface area contributed by atoms with E-state index in [1.807, 2.05) is 39.8 Å². The molecular formula is C21H26N2O4. The van der Waals surface area contributed by atoms with E-state index in [1.54, 1.807) is 36.4 Å². The van der Waals surface area contributed by atoms with Gasteiger partial charge in [-0.25, -0.2) is 9.59 Å². The lowest BCUT2D eigenvalue weighted by atomic mass is 10.1. The van der Waals surface area contributed by atoms with Crippen LogP contribution in [-0.2, 0) is 9.47 Å². The summed E-state index contributed by atoms with van der Waals surface area (Å²) in [5.41, 5.74) is 2.22. The van der Waals surface area contributed by atoms with E-state index in [4.69, 9.17) is 9.47 Å². The Labute approximate surface area is 159 Å². The number of ether oxygens (including phenoxy) is 2. The Balaban J connectivity index is 2.06. The second-order valence-electron chi connectivity index (χ2n) is 6.53. The molecule has 0 heterocycles. The van der Waals surface area contributed by atoms with E-state index in [-0.39, 0.29) is 24.1 Å². The fourth-order valence-corrected chi connectivity index (χ4v) is 2.42. The Morgan fingerprint density at radius 1 is 0.741 bits per heavy atom. The van der Waals surface area contributed by atoms with Crippen molar-refractivity contribution in [3.05, 3.63) is 59.7 Å². The topological polar surface area (TPSA) is 76.7 Å². The van der Waals surface area contributed by atoms with Gasteiger partial charge in [0.15, 0.2) is 0 Å². The summed E-state index contributed by atoms with van der Waals surface area (Å²) in [4.78, 5) is 24.4. The zero-order valence-electron chi connectivity index (χ0n) is 16.1. The predicted molar refractivity (Wildman–Crippen MR) is 106 cm³/mol. The third-order valence-electron chi connectivity index (χ3n) is 3.54. The average molecular weight is 370 g/mol. The lowest BCUT2D eigenvalue weighted by Gasteiger charge is -2.16. The molecule has 2 N–H and O–H groups in total. The molecule has 0 aliphatic carbocycles. The summed E-state index contributed by atoms with van der Waals surface area (Å²) in [5.74, 6) is -0.761. The van der Waals surface area contributed by atoms with E-state index in [9.17, 15) is 9.59 Å². The van der Waals surface area contributed by atoms with E-state index in [2.05, 4.69) is 10.6 Å². The van der Waals surface area contributed by atoms with Crippen molar-refractivity contribution < 1.29 is 19.1 Å². The fraction of sp³-hybridized carbons (Fsp3) is 0.333. The molecule has 27 heavy (non-hydrogen) atoms. The molecule has 2 aromatic rings. The number of anilines is 2. The van der Waals surface area contributed by atoms with Gasteiger partial charge in [-0.05, 0) is 52.0 Å². The first-order valence-electron chi connectivity index (χ1n) is 8.96. The second kappa shape index (κ2) is 9.62. The highest BCUT2D eigenvalue weighted by Gasteiger charge is 2.15. The molecule has 0 aliphatic heterocycles. The number of esters is 2. The van der Waals surface area contributed by atoms with Crippen molar-refractivity contribution in [3.8, 4) is 0 Å². The summed E-state index contributed by atoms with van der Waals surface area (Å²) in [5, 5.41) is 6.32. The van der Waals surface area contributed by atoms with E-state index >= 15 is 0 Å². The number of para-hydroxylation sites is 2. The minimum absolute atomic E-state index is 0.192. The monoisotopic (exact) mass is 370 g/mol. The Morgan fingerprint density at radius 3 is 1.48 bits per heavy atom. The number of hydrogen-bond acceptors (Lipinski definition) is 6. The minimum Gasteiger partial charge on any atom is -0.459 e. The Kier molecular flexibility index (Phi) is 7.23. The van der Waals surface area contributed by atoms with Crippen LogP contribution >= 0.6 is 0 Å². The van der Waals surface area contributed by atoms with E-state index < -0.39 is 0 Å². The van der Waals surface area contributed by atoms with Crippen molar-refractivity contribution in [2.45, 2.75) is 39.9 Å². The van der Waals surface area contributed by atoms with Gasteiger partial charge in [-0.1, -0.05) is 24.3 Å². The van der Waals surface area contributed by atoms with Gasteiger partial charge in [0.1, 0.15) is 0 Å². The molecule has 0 saturated carbocycles. The first kappa shape index (κ1) is 20.3. The number of nitrogens with one attached hydrogen (secondary N) is 2. The second-order valence-corrected chi connectivity index (χ2v) is 6.53. The van der Waals surface area contributed by atoms with E-state index in [1.165, 1.54) is 0 Å². The summed E-state index contributed by atoms with van der Waals surface area (Å²) in [6, 6.07) is 14.3. The van der Waals surface area contributed by atoms with Crippen molar-refractivity contribution in [1.29, 1.82) is 0 Å². The van der Waals surface area contributed by atoms with Crippen molar-refractivity contribution >= 4 is 23.3 Å². The summed E-state index contributed by atoms with van der Waals surface area (Å²) in [6.07, 6.45) is -0.384. The molecule has 2 aromatic carbocycles. The summed E-state index contributed by atoms with van der Waals surface area (Å²) >= 11 is 0. The molecule has 0 aromatic heterocycles. The maximum Gasteiger partial charge on any atom is 0.340 e. The van der Waals surface area contributed by atoms with Crippen LogP contribution in [0.4, 0.5) is 11.4 Å². The lowest BCUT2D eigenvalue weighted by Crippen LogP contribution is -2.19. The van der Waals surface area contributed by atoms with Crippen LogP contribution in [-0.4, -0.2) is 30.8 Å². The molecule has 0 radical (unpaired) electrons. The van der Waals surface area contributed by atoms with Crippen LogP contribution in [0.2, 0.25) is 0 Å². The molecule has 0 aliphatic rings. The molecule has 0 atom stereocenters. The summed E-state index contributed by atoms with van der Waals surface area (Å²) in [7, 11) is 0. The quantitative estimate of drug-likeness (QED) is 0.533. The van der Waals surface area contributed by atoms with Gasteiger partial charge in [0.25, 0.3) is 0 Å². The molecule has 0 fully saturated rings. The smallest absolute Gasteiger partial charge is 0.340 e. The molecule has 6 nitrogen and oxygen atoms in total. The molecule has 2 rings (SSSR count). The van der Waals surface area contributed by atoms with Crippen LogP contribution in [0.3, 0.4) is 0 Å². The van der Waals surface area contributed by atoms with Gasteiger partial charge in [-0.3, -0.25) is 0 Å². The van der Waals surface area contributed by atoms with Gasteiger partial charge in [0.05, 0.1) is 41.4 Å². The van der Waals surface area contributed by atoms with Crippen LogP contribution in [0, 0.1) is 0 Å². The normalized spacial score (nSPS) is 10.6. The number of carbonyl (C=O) groups excluding carboxylic acids is 2. The summed E-state index contributed by atoms with van der Waals surface area (Å²) in [6.45, 7) is 7.55. The highest BCUT2D eigenvalue weighted by molar-refractivity contribution is 5.96. The van der Waals surface area contributed by atoms with Crippen LogP contribution < -0.4 is 10.6 Å². The van der Waals surface area contributed by atoms with E-state index in [0.717, 1.165) is 0 Å². The van der Waals surface area contributed by atoms with E-state index in [0.29, 0.717) is 29.2 Å². The standard InChI is InChI=1S/C21H26N2O4/c1-14(2)26-20(24)16-9-5-7-11-18(16)22-13-23-19-12-8-6-10-17(19)21(25)27-15(3)4/h5-12,14-15,22-23H,13H2,1-4H3. The first-order chi connectivity index (χ1) is 12.9. The molecule has 0 spiro atoms. The highest BCUT2D eigenvalue weighted by Crippen LogP contribution is 2.19. The summed E-state index contributed by atoms with van der Waals surface area (Å²) < 4.78 is 10.5. The van der Waals surface area contributed by atoms with Crippen molar-refractivity contribution in [1.82, 2.24) is 0 Å². The molecule has 0 saturated heterocycles. The van der Waals surface area contributed by atoms with Gasteiger partial charge >= 0.3 is 11.9 Å². The Morgan fingerprint density at radius 2 is 1.11 bits per heavy atom. The number of carbonyl (C=O) groups is 2. The number of rotatable bonds is 8. The lowest BCUT2D eigenvalue weighted by molar-refractivity contribution is 0.0368. The Hall–Kier alpha value is -3.02. The molecule has 0 amide bonds. The van der Waals surface area contributed by atoms with Crippen molar-refractivity contribution in [2.75, 3.05) is 17.3 Å². The number of benzene rings is 2. The van der Waals surface area contributed by atoms with Gasteiger partial charge < -0.3 is 20.1 Å². The van der Waals surface area contributed by atoms with Crippen LogP contribution in [0.15, 0.2) is 48.5 Å². The highest BCUT2D eigenvalue weighted by atomic mass is 16.5. The maximum absolute atomic E-state index is 12.2. The zero-order chi connectivity index (χ0) is 19.8. The third kappa shape index (κ3) is 6.02. The van der Waals surface area contributed by atoms with Gasteiger partial charge in [-0.2, -0.15) is 0 Å². The third-order valence-corrected chi connectivity index (χ3v) is 3.54. The van der Waals surface area contributed by atoms with Crippen molar-refractivity contribution in [2.24, 2.45) is 0 Å². The van der Waals surface area contributed by atoms with Gasteiger partial charge in [0.2, 0.25) is 0 Å². The average Bonchev–Trinajstić information content (AvgIpc) is 2.61. The molecule has 144 valence electrons. The van der Waals surface area contributed by atoms with Crippen molar-refractivity contribution in [3.63, 3.8) is 0 Å². The molecular weight excluding hydrogens is 344 g/mol. The molecule has 6 heteroatoms. The molecule has 0 bridgehead atoms. The number of hydrogen-bond donors (Lipinski definition) is 2. The van der Waals surface area contributed by atoms with Gasteiger partial charge in [-0.15, -0.1) is 0 Å². The maximum atomic E-state index is 12.2. The zero-order valence-corrected chi connectivity index (χ0v) is 16.1. The molecule has 0 unspecified atom stereocenters. The minimum atomic E-state index is -0.381. The fourth-order valence-electron chi connectivity index (χ4n) is 2.42. The SMILES string of the molecule is CC(C)OC(=O)c1ccccc1NCNc1ccccc1C(=O)OC(C)C. The van der Waals surface area contributed by atoms with Crippen LogP contribution in [0.5, 0.6) is 0 Å².